The van der Waals surface area contributed by atoms with Gasteiger partial charge in [0.15, 0.2) is 5.65 Å². The van der Waals surface area contributed by atoms with Crippen LogP contribution in [0.4, 0.5) is 10.2 Å². The molecule has 3 heterocycles. The molecule has 1 amide bonds. The molecule has 1 aliphatic rings. The highest BCUT2D eigenvalue weighted by Gasteiger charge is 2.23. The van der Waals surface area contributed by atoms with Crippen molar-refractivity contribution in [3.8, 4) is 0 Å². The molecule has 0 radical (unpaired) electrons. The quantitative estimate of drug-likeness (QED) is 0.721. The Labute approximate surface area is 138 Å². The lowest BCUT2D eigenvalue weighted by Crippen LogP contribution is -2.49. The number of hydrogen-bond donors (Lipinski definition) is 0. The summed E-state index contributed by atoms with van der Waals surface area (Å²) in [6.07, 6.45) is 3.49. The van der Waals surface area contributed by atoms with E-state index in [1.807, 2.05) is 12.1 Å². The molecule has 0 aliphatic carbocycles. The lowest BCUT2D eigenvalue weighted by molar-refractivity contribution is 0.0746. The highest BCUT2D eigenvalue weighted by atomic mass is 19.1. The van der Waals surface area contributed by atoms with E-state index in [1.54, 1.807) is 21.8 Å². The first-order valence-electron chi connectivity index (χ1n) is 7.81. The number of carbonyl (C=O) groups is 1. The fraction of sp³-hybridized carbons (Fsp3) is 0.235. The van der Waals surface area contributed by atoms with Gasteiger partial charge in [0.25, 0.3) is 5.91 Å². The van der Waals surface area contributed by atoms with Crippen molar-refractivity contribution in [3.63, 3.8) is 0 Å². The Morgan fingerprint density at radius 1 is 0.958 bits per heavy atom. The van der Waals surface area contributed by atoms with Crippen molar-refractivity contribution in [1.29, 1.82) is 0 Å². The number of rotatable bonds is 2. The van der Waals surface area contributed by atoms with Crippen molar-refractivity contribution in [2.75, 3.05) is 31.1 Å². The van der Waals surface area contributed by atoms with E-state index in [-0.39, 0.29) is 11.7 Å². The number of carbonyl (C=O) groups excluding carboxylic acids is 1. The maximum absolute atomic E-state index is 13.0. The summed E-state index contributed by atoms with van der Waals surface area (Å²) < 4.78 is 14.8. The van der Waals surface area contributed by atoms with Crippen molar-refractivity contribution in [2.45, 2.75) is 0 Å². The minimum Gasteiger partial charge on any atom is -0.353 e. The zero-order valence-electron chi connectivity index (χ0n) is 13.0. The fourth-order valence-corrected chi connectivity index (χ4v) is 2.97. The van der Waals surface area contributed by atoms with Crippen LogP contribution >= 0.6 is 0 Å². The molecule has 7 heteroatoms. The molecule has 4 rings (SSSR count). The van der Waals surface area contributed by atoms with Crippen molar-refractivity contribution >= 4 is 17.4 Å². The van der Waals surface area contributed by atoms with Crippen molar-refractivity contribution in [2.24, 2.45) is 0 Å². The molecule has 1 aliphatic heterocycles. The van der Waals surface area contributed by atoms with Gasteiger partial charge >= 0.3 is 0 Å². The van der Waals surface area contributed by atoms with Gasteiger partial charge in [-0.05, 0) is 30.3 Å². The van der Waals surface area contributed by atoms with Crippen LogP contribution in [0.5, 0.6) is 0 Å². The summed E-state index contributed by atoms with van der Waals surface area (Å²) in [5.41, 5.74) is 1.32. The van der Waals surface area contributed by atoms with Crippen LogP contribution in [-0.2, 0) is 0 Å². The fourth-order valence-electron chi connectivity index (χ4n) is 2.97. The highest BCUT2D eigenvalue weighted by molar-refractivity contribution is 5.94. The minimum absolute atomic E-state index is 0.0615. The third-order valence-corrected chi connectivity index (χ3v) is 4.25. The number of hydrogen-bond acceptors (Lipinski definition) is 4. The molecule has 0 saturated carbocycles. The first kappa shape index (κ1) is 14.6. The lowest BCUT2D eigenvalue weighted by atomic mass is 10.2. The molecule has 6 nitrogen and oxygen atoms in total. The second-order valence-electron chi connectivity index (χ2n) is 5.69. The first-order valence-corrected chi connectivity index (χ1v) is 7.81. The zero-order valence-corrected chi connectivity index (χ0v) is 13.0. The van der Waals surface area contributed by atoms with E-state index in [0.717, 1.165) is 11.5 Å². The molecule has 122 valence electrons. The van der Waals surface area contributed by atoms with E-state index in [9.17, 15) is 9.18 Å². The number of aromatic nitrogens is 3. The summed E-state index contributed by atoms with van der Waals surface area (Å²) >= 11 is 0. The predicted molar refractivity (Wildman–Crippen MR) is 87.5 cm³/mol. The third kappa shape index (κ3) is 2.58. The average Bonchev–Trinajstić information content (AvgIpc) is 3.11. The minimum atomic E-state index is -0.336. The highest BCUT2D eigenvalue weighted by Crippen LogP contribution is 2.18. The maximum Gasteiger partial charge on any atom is 0.253 e. The second-order valence-corrected chi connectivity index (χ2v) is 5.69. The Kier molecular flexibility index (Phi) is 3.60. The Morgan fingerprint density at radius 3 is 2.46 bits per heavy atom. The summed E-state index contributed by atoms with van der Waals surface area (Å²) in [6.45, 7) is 2.65. The van der Waals surface area contributed by atoms with Gasteiger partial charge in [-0.3, -0.25) is 4.79 Å². The molecule has 0 bridgehead atoms. The molecular weight excluding hydrogens is 309 g/mol. The van der Waals surface area contributed by atoms with Gasteiger partial charge in [0, 0.05) is 44.0 Å². The molecule has 2 aromatic heterocycles. The molecule has 1 saturated heterocycles. The van der Waals surface area contributed by atoms with Crippen molar-refractivity contribution < 1.29 is 9.18 Å². The van der Waals surface area contributed by atoms with Crippen LogP contribution in [0, 0.1) is 5.82 Å². The van der Waals surface area contributed by atoms with Gasteiger partial charge in [-0.1, -0.05) is 0 Å². The van der Waals surface area contributed by atoms with Gasteiger partial charge in [0.05, 0.1) is 6.20 Å². The topological polar surface area (TPSA) is 53.7 Å². The molecule has 0 N–H and O–H groups in total. The van der Waals surface area contributed by atoms with Gasteiger partial charge in [-0.15, -0.1) is 0 Å². The van der Waals surface area contributed by atoms with E-state index in [0.29, 0.717) is 31.7 Å². The Hall–Kier alpha value is -2.96. The molecule has 24 heavy (non-hydrogen) atoms. The van der Waals surface area contributed by atoms with Crippen molar-refractivity contribution in [1.82, 2.24) is 19.5 Å². The van der Waals surface area contributed by atoms with Crippen LogP contribution in [0.2, 0.25) is 0 Å². The summed E-state index contributed by atoms with van der Waals surface area (Å²) in [5, 5.41) is 4.30. The van der Waals surface area contributed by atoms with Crippen LogP contribution in [0.25, 0.3) is 5.65 Å². The molecular formula is C17H16FN5O. The van der Waals surface area contributed by atoms with Crippen LogP contribution in [0.15, 0.2) is 48.8 Å². The number of amides is 1. The average molecular weight is 325 g/mol. The lowest BCUT2D eigenvalue weighted by Gasteiger charge is -2.36. The largest absolute Gasteiger partial charge is 0.353 e. The predicted octanol–water partition coefficient (Wildman–Crippen LogP) is 1.83. The number of fused-ring (bicyclic) bond motifs is 1. The molecule has 0 unspecified atom stereocenters. The normalized spacial score (nSPS) is 15.0. The van der Waals surface area contributed by atoms with Crippen LogP contribution in [0.1, 0.15) is 10.4 Å². The van der Waals surface area contributed by atoms with Gasteiger partial charge < -0.3 is 9.80 Å². The number of benzene rings is 1. The van der Waals surface area contributed by atoms with Crippen LogP contribution in [0.3, 0.4) is 0 Å². The second kappa shape index (κ2) is 5.92. The standard InChI is InChI=1S/C17H16FN5O/c18-14-3-1-13(2-4-14)17(24)22-11-9-21(10-12-22)16-6-7-19-15-5-8-20-23(15)16/h1-8H,9-12H2. The number of anilines is 1. The van der Waals surface area contributed by atoms with Crippen LogP contribution < -0.4 is 4.90 Å². The monoisotopic (exact) mass is 325 g/mol. The van der Waals surface area contributed by atoms with E-state index < -0.39 is 0 Å². The molecule has 1 aromatic carbocycles. The summed E-state index contributed by atoms with van der Waals surface area (Å²) in [6, 6.07) is 9.47. The molecule has 0 atom stereocenters. The summed E-state index contributed by atoms with van der Waals surface area (Å²) in [4.78, 5) is 20.7. The Bertz CT molecular complexity index is 868. The first-order chi connectivity index (χ1) is 11.7. The number of halogens is 1. The van der Waals surface area contributed by atoms with Crippen LogP contribution in [-0.4, -0.2) is 51.6 Å². The van der Waals surface area contributed by atoms with E-state index in [4.69, 9.17) is 0 Å². The van der Waals surface area contributed by atoms with E-state index >= 15 is 0 Å². The van der Waals surface area contributed by atoms with Gasteiger partial charge in [-0.2, -0.15) is 9.61 Å². The van der Waals surface area contributed by atoms with E-state index in [2.05, 4.69) is 15.0 Å². The van der Waals surface area contributed by atoms with E-state index in [1.165, 1.54) is 24.3 Å². The SMILES string of the molecule is O=C(c1ccc(F)cc1)N1CCN(c2ccnc3ccnn23)CC1. The number of piperazine rings is 1. The molecule has 3 aromatic rings. The molecule has 1 fully saturated rings. The third-order valence-electron chi connectivity index (χ3n) is 4.25. The molecule has 0 spiro atoms. The Morgan fingerprint density at radius 2 is 1.71 bits per heavy atom. The maximum atomic E-state index is 13.0. The smallest absolute Gasteiger partial charge is 0.253 e. The van der Waals surface area contributed by atoms with Gasteiger partial charge in [0.2, 0.25) is 0 Å². The Balaban J connectivity index is 1.48. The summed E-state index contributed by atoms with van der Waals surface area (Å²) in [5.74, 6) is 0.574. The van der Waals surface area contributed by atoms with Crippen molar-refractivity contribution in [3.05, 3.63) is 60.2 Å². The van der Waals surface area contributed by atoms with Gasteiger partial charge in [0.1, 0.15) is 11.6 Å². The zero-order chi connectivity index (χ0) is 16.5. The summed E-state index contributed by atoms with van der Waals surface area (Å²) in [7, 11) is 0. The van der Waals surface area contributed by atoms with Gasteiger partial charge in [-0.25, -0.2) is 9.37 Å². The number of nitrogens with zero attached hydrogens (tertiary/aromatic N) is 5.